The van der Waals surface area contributed by atoms with E-state index in [1.807, 2.05) is 12.1 Å². The molecule has 1 heterocycles. The van der Waals surface area contributed by atoms with Crippen LogP contribution in [-0.2, 0) is 14.9 Å². The fraction of sp³-hybridized carbons (Fsp3) is 0.667. The zero-order valence-corrected chi connectivity index (χ0v) is 19.3. The molecule has 3 nitrogen and oxygen atoms in total. The molecule has 2 fully saturated rings. The summed E-state index contributed by atoms with van der Waals surface area (Å²) in [5.74, 6) is 0.361. The van der Waals surface area contributed by atoms with Gasteiger partial charge in [-0.2, -0.15) is 0 Å². The molecule has 1 aliphatic carbocycles. The van der Waals surface area contributed by atoms with E-state index in [2.05, 4.69) is 49.1 Å². The van der Waals surface area contributed by atoms with E-state index in [0.717, 1.165) is 53.3 Å². The molecule has 5 heteroatoms. The first-order valence-corrected chi connectivity index (χ1v) is 10.4. The van der Waals surface area contributed by atoms with E-state index in [1.165, 1.54) is 12.8 Å². The molecule has 0 amide bonds. The molecule has 1 atom stereocenters. The number of esters is 1. The third-order valence-corrected chi connectivity index (χ3v) is 6.90. The van der Waals surface area contributed by atoms with Gasteiger partial charge in [0.1, 0.15) is 6.10 Å². The number of rotatable bonds is 4. The highest BCUT2D eigenvalue weighted by molar-refractivity contribution is 9.10. The topological polar surface area (TPSA) is 26.3 Å². The van der Waals surface area contributed by atoms with Crippen molar-refractivity contribution in [1.82, 2.24) is 0 Å². The summed E-state index contributed by atoms with van der Waals surface area (Å²) >= 11 is 3.57. The van der Waals surface area contributed by atoms with Gasteiger partial charge in [0.25, 0.3) is 0 Å². The summed E-state index contributed by atoms with van der Waals surface area (Å²) in [6.45, 7) is 4.26. The maximum absolute atomic E-state index is 13.4. The third-order valence-electron chi connectivity index (χ3n) is 6.41. The van der Waals surface area contributed by atoms with Crippen LogP contribution < -0.4 is 17.0 Å². The van der Waals surface area contributed by atoms with Crippen LogP contribution in [0.25, 0.3) is 0 Å². The van der Waals surface area contributed by atoms with Gasteiger partial charge in [-0.15, -0.1) is 0 Å². The number of carbonyl (C=O) groups is 1. The number of ether oxygens (including phenoxy) is 1. The van der Waals surface area contributed by atoms with E-state index in [0.29, 0.717) is 5.92 Å². The van der Waals surface area contributed by atoms with Crippen LogP contribution in [0.5, 0.6) is 0 Å². The Balaban J connectivity index is 0.00000243. The van der Waals surface area contributed by atoms with E-state index in [9.17, 15) is 4.79 Å². The molecular formula is C21H31Br2NO2. The van der Waals surface area contributed by atoms with Crippen LogP contribution in [0.4, 0.5) is 0 Å². The summed E-state index contributed by atoms with van der Waals surface area (Å²) < 4.78 is 8.15. The average Bonchev–Trinajstić information content (AvgIpc) is 3.11. The molecule has 146 valence electrons. The number of likely N-dealkylation sites (tertiary alicyclic amines) is 1. The Kier molecular flexibility index (Phi) is 7.37. The molecule has 2 aliphatic rings. The maximum Gasteiger partial charge on any atom is 0.316 e. The van der Waals surface area contributed by atoms with Crippen LogP contribution in [0.15, 0.2) is 28.7 Å². The predicted molar refractivity (Wildman–Crippen MR) is 104 cm³/mol. The van der Waals surface area contributed by atoms with E-state index in [1.54, 1.807) is 0 Å². The lowest BCUT2D eigenvalue weighted by atomic mass is 9.71. The van der Waals surface area contributed by atoms with E-state index >= 15 is 0 Å². The molecule has 0 N–H and O–H groups in total. The molecule has 1 saturated heterocycles. The Hall–Kier alpha value is -0.390. The molecule has 1 unspecified atom stereocenters. The second-order valence-corrected chi connectivity index (χ2v) is 9.60. The van der Waals surface area contributed by atoms with Gasteiger partial charge in [0.05, 0.1) is 32.6 Å². The Bertz CT molecular complexity index is 618. The Labute approximate surface area is 177 Å². The second-order valence-electron chi connectivity index (χ2n) is 8.68. The number of halogens is 2. The number of hydrogen-bond donors (Lipinski definition) is 0. The highest BCUT2D eigenvalue weighted by Crippen LogP contribution is 2.44. The normalized spacial score (nSPS) is 23.1. The first-order chi connectivity index (χ1) is 11.8. The molecule has 1 aromatic carbocycles. The highest BCUT2D eigenvalue weighted by atomic mass is 79.9. The number of piperidine rings is 1. The van der Waals surface area contributed by atoms with Crippen molar-refractivity contribution in [1.29, 1.82) is 0 Å². The van der Waals surface area contributed by atoms with Gasteiger partial charge < -0.3 is 26.2 Å². The van der Waals surface area contributed by atoms with Crippen LogP contribution >= 0.6 is 15.9 Å². The summed E-state index contributed by atoms with van der Waals surface area (Å²) in [6.07, 6.45) is 6.69. The fourth-order valence-electron chi connectivity index (χ4n) is 4.47. The van der Waals surface area contributed by atoms with Gasteiger partial charge in [0.2, 0.25) is 0 Å². The van der Waals surface area contributed by atoms with Gasteiger partial charge in [-0.25, -0.2) is 0 Å². The van der Waals surface area contributed by atoms with Gasteiger partial charge in [-0.05, 0) is 43.4 Å². The first kappa shape index (κ1) is 21.9. The molecule has 3 rings (SSSR count). The summed E-state index contributed by atoms with van der Waals surface area (Å²) in [7, 11) is 4.50. The smallest absolute Gasteiger partial charge is 0.316 e. The minimum absolute atomic E-state index is 0. The molecule has 0 radical (unpaired) electrons. The van der Waals surface area contributed by atoms with Gasteiger partial charge >= 0.3 is 5.97 Å². The number of hydrogen-bond acceptors (Lipinski definition) is 2. The Morgan fingerprint density at radius 1 is 1.15 bits per heavy atom. The van der Waals surface area contributed by atoms with Crippen molar-refractivity contribution in [3.63, 3.8) is 0 Å². The van der Waals surface area contributed by atoms with Gasteiger partial charge in [-0.3, -0.25) is 4.79 Å². The zero-order chi connectivity index (χ0) is 18.1. The molecule has 0 aromatic heterocycles. The van der Waals surface area contributed by atoms with Crippen molar-refractivity contribution in [2.45, 2.75) is 57.0 Å². The van der Waals surface area contributed by atoms with Crippen LogP contribution in [0.2, 0.25) is 0 Å². The lowest BCUT2D eigenvalue weighted by Crippen LogP contribution is -3.00. The van der Waals surface area contributed by atoms with Crippen LogP contribution in [0.1, 0.15) is 51.0 Å². The van der Waals surface area contributed by atoms with Crippen molar-refractivity contribution >= 4 is 21.9 Å². The van der Waals surface area contributed by atoms with Crippen LogP contribution in [-0.4, -0.2) is 43.7 Å². The van der Waals surface area contributed by atoms with Crippen molar-refractivity contribution in [2.75, 3.05) is 27.2 Å². The fourth-order valence-corrected chi connectivity index (χ4v) is 4.87. The third kappa shape index (κ3) is 4.71. The summed E-state index contributed by atoms with van der Waals surface area (Å²) in [5.41, 5.74) is 0.549. The molecule has 26 heavy (non-hydrogen) atoms. The number of quaternary nitrogens is 1. The van der Waals surface area contributed by atoms with Gasteiger partial charge in [0, 0.05) is 17.3 Å². The number of carbonyl (C=O) groups excluding carboxylic acids is 1. The van der Waals surface area contributed by atoms with Crippen molar-refractivity contribution < 1.29 is 31.0 Å². The average molecular weight is 489 g/mol. The minimum atomic E-state index is -0.540. The van der Waals surface area contributed by atoms with Crippen molar-refractivity contribution in [3.8, 4) is 0 Å². The van der Waals surface area contributed by atoms with Crippen molar-refractivity contribution in [2.24, 2.45) is 5.92 Å². The quantitative estimate of drug-likeness (QED) is 0.476. The standard InChI is InChI=1S/C21H31BrNO2.BrH/c1-21(16-7-4-5-8-16,17-9-6-10-18(22)15-17)20(24)25-19-11-13-23(2,3)14-12-19;/h6,9-10,15-16,19H,4-5,7-8,11-14H2,1-3H3;1H/q+1;/p-1. The summed E-state index contributed by atoms with van der Waals surface area (Å²) in [4.78, 5) is 13.4. The first-order valence-electron chi connectivity index (χ1n) is 9.60. The molecule has 0 bridgehead atoms. The SMILES string of the molecule is CC(C(=O)OC1CC[N+](C)(C)CC1)(c1cccc(Br)c1)C1CCCC1.[Br-]. The zero-order valence-electron chi connectivity index (χ0n) is 16.1. The molecule has 1 aromatic rings. The predicted octanol–water partition coefficient (Wildman–Crippen LogP) is 1.68. The Morgan fingerprint density at radius 2 is 1.77 bits per heavy atom. The van der Waals surface area contributed by atoms with E-state index in [-0.39, 0.29) is 29.1 Å². The van der Waals surface area contributed by atoms with Crippen LogP contribution in [0.3, 0.4) is 0 Å². The van der Waals surface area contributed by atoms with E-state index < -0.39 is 5.41 Å². The lowest BCUT2D eigenvalue weighted by molar-refractivity contribution is -0.896. The maximum atomic E-state index is 13.4. The van der Waals surface area contributed by atoms with Gasteiger partial charge in [0.15, 0.2) is 0 Å². The molecule has 1 aliphatic heterocycles. The van der Waals surface area contributed by atoms with Crippen molar-refractivity contribution in [3.05, 3.63) is 34.3 Å². The monoisotopic (exact) mass is 487 g/mol. The molecular weight excluding hydrogens is 458 g/mol. The van der Waals surface area contributed by atoms with Gasteiger partial charge in [-0.1, -0.05) is 40.9 Å². The Morgan fingerprint density at radius 3 is 2.35 bits per heavy atom. The summed E-state index contributed by atoms with van der Waals surface area (Å²) in [5, 5.41) is 0. The number of nitrogens with zero attached hydrogens (tertiary/aromatic N) is 1. The van der Waals surface area contributed by atoms with E-state index in [4.69, 9.17) is 4.74 Å². The summed E-state index contributed by atoms with van der Waals surface area (Å²) in [6, 6.07) is 8.23. The largest absolute Gasteiger partial charge is 1.00 e. The molecule has 1 saturated carbocycles. The number of benzene rings is 1. The minimum Gasteiger partial charge on any atom is -1.00 e. The van der Waals surface area contributed by atoms with Crippen LogP contribution in [0, 0.1) is 5.92 Å². The highest BCUT2D eigenvalue weighted by Gasteiger charge is 2.46. The molecule has 0 spiro atoms. The second kappa shape index (κ2) is 8.74. The lowest BCUT2D eigenvalue weighted by Gasteiger charge is -2.39.